The Kier molecular flexibility index (Phi) is 15.4. The first-order chi connectivity index (χ1) is 23.8. The average Bonchev–Trinajstić information content (AvgIpc) is 3.73. The van der Waals surface area contributed by atoms with Crippen molar-refractivity contribution in [3.05, 3.63) is 175 Å². The maximum Gasteiger partial charge on any atom is -0.171 e. The van der Waals surface area contributed by atoms with E-state index in [2.05, 4.69) is 184 Å². The van der Waals surface area contributed by atoms with E-state index < -0.39 is 0 Å². The summed E-state index contributed by atoms with van der Waals surface area (Å²) in [6, 6.07) is 52.9. The van der Waals surface area contributed by atoms with Crippen LogP contribution in [0.4, 0.5) is 0 Å². The number of hydrogen-bond acceptors (Lipinski definition) is 0. The van der Waals surface area contributed by atoms with Crippen molar-refractivity contribution in [2.45, 2.75) is 79.1 Å². The van der Waals surface area contributed by atoms with Crippen molar-refractivity contribution in [3.8, 4) is 22.3 Å². The predicted octanol–water partition coefficient (Wildman–Crippen LogP) is 14.0. The summed E-state index contributed by atoms with van der Waals surface area (Å²) < 4.78 is 0. The maximum atomic E-state index is 3.06. The van der Waals surface area contributed by atoms with Gasteiger partial charge >= 0.3 is 30.2 Å². The molecule has 51 heavy (non-hydrogen) atoms. The van der Waals surface area contributed by atoms with Crippen molar-refractivity contribution >= 4 is 28.4 Å². The fraction of sp³-hybridized carbons (Fsp3) is 0.245. The molecular formula is C49H54SiZr-4. The van der Waals surface area contributed by atoms with E-state index in [1.165, 1.54) is 89.4 Å². The molecule has 0 aliphatic rings. The number of aryl methyl sites for hydroxylation is 1. The molecule has 0 amide bonds. The molecule has 7 aromatic carbocycles. The molecule has 0 spiro atoms. The largest absolute Gasteiger partial charge is 0.184 e. The van der Waals surface area contributed by atoms with Crippen molar-refractivity contribution in [2.24, 2.45) is 0 Å². The van der Waals surface area contributed by atoms with Crippen LogP contribution in [0.3, 0.4) is 0 Å². The van der Waals surface area contributed by atoms with E-state index in [4.69, 9.17) is 0 Å². The summed E-state index contributed by atoms with van der Waals surface area (Å²) in [5.74, 6) is 0.573. The normalized spacial score (nSPS) is 11.0. The van der Waals surface area contributed by atoms with Crippen molar-refractivity contribution in [1.29, 1.82) is 0 Å². The Morgan fingerprint density at radius 1 is 0.569 bits per heavy atom. The maximum absolute atomic E-state index is 3.06. The molecule has 0 unspecified atom stereocenters. The van der Waals surface area contributed by atoms with Gasteiger partial charge in [0.1, 0.15) is 0 Å². The van der Waals surface area contributed by atoms with Gasteiger partial charge in [-0.2, -0.15) is 48.5 Å². The van der Waals surface area contributed by atoms with Gasteiger partial charge in [0.15, 0.2) is 0 Å². The summed E-state index contributed by atoms with van der Waals surface area (Å²) in [5.41, 5.74) is 11.2. The Hall–Kier alpha value is -3.58. The number of hydrogen-bond donors (Lipinski definition) is 0. The summed E-state index contributed by atoms with van der Waals surface area (Å²) >= 11 is 1.36. The van der Waals surface area contributed by atoms with Crippen LogP contribution in [0, 0.1) is 20.4 Å². The van der Waals surface area contributed by atoms with Gasteiger partial charge in [-0.1, -0.05) is 134 Å². The summed E-state index contributed by atoms with van der Waals surface area (Å²) in [6.45, 7) is 23.3. The van der Waals surface area contributed by atoms with Gasteiger partial charge < -0.3 is 7.43 Å². The Morgan fingerprint density at radius 3 is 1.37 bits per heavy atom. The molecule has 0 saturated heterocycles. The average molecular weight is 762 g/mol. The summed E-state index contributed by atoms with van der Waals surface area (Å²) in [7, 11) is 0. The van der Waals surface area contributed by atoms with Gasteiger partial charge in [0.25, 0.3) is 0 Å². The topological polar surface area (TPSA) is 0 Å². The smallest absolute Gasteiger partial charge is 0.171 e. The summed E-state index contributed by atoms with van der Waals surface area (Å²) in [4.78, 5) is 0. The zero-order valence-electron chi connectivity index (χ0n) is 32.4. The zero-order valence-corrected chi connectivity index (χ0v) is 35.8. The molecule has 0 heterocycles. The minimum atomic E-state index is 0. The zero-order chi connectivity index (χ0) is 36.5. The first-order valence-corrected chi connectivity index (χ1v) is 21.7. The molecule has 7 rings (SSSR count). The molecule has 0 N–H and O–H groups in total. The Balaban J connectivity index is 0.000000224. The van der Waals surface area contributed by atoms with E-state index in [-0.39, 0.29) is 18.3 Å². The Bertz CT molecular complexity index is 2030. The van der Waals surface area contributed by atoms with Gasteiger partial charge in [-0.25, -0.2) is 0 Å². The molecule has 262 valence electrons. The fourth-order valence-electron chi connectivity index (χ4n) is 6.12. The second-order valence-electron chi connectivity index (χ2n) is 15.3. The monoisotopic (exact) mass is 760 g/mol. The molecule has 0 aromatic heterocycles. The number of benzene rings is 5. The Morgan fingerprint density at radius 2 is 1.00 bits per heavy atom. The molecule has 0 aliphatic heterocycles. The van der Waals surface area contributed by atoms with Crippen LogP contribution in [0.5, 0.6) is 0 Å². The van der Waals surface area contributed by atoms with E-state index in [1.807, 2.05) is 30.3 Å². The van der Waals surface area contributed by atoms with Crippen molar-refractivity contribution in [1.82, 2.24) is 0 Å². The van der Waals surface area contributed by atoms with Gasteiger partial charge in [0.05, 0.1) is 0 Å². The quantitative estimate of drug-likeness (QED) is 0.124. The summed E-state index contributed by atoms with van der Waals surface area (Å²) in [5, 5.41) is 5.41. The van der Waals surface area contributed by atoms with Crippen LogP contribution in [-0.4, -0.2) is 6.88 Å². The van der Waals surface area contributed by atoms with Gasteiger partial charge in [-0.3, -0.25) is 0 Å². The van der Waals surface area contributed by atoms with E-state index in [9.17, 15) is 0 Å². The van der Waals surface area contributed by atoms with Crippen molar-refractivity contribution < 1.29 is 23.3 Å². The molecule has 0 saturated carbocycles. The second kappa shape index (κ2) is 18.8. The van der Waals surface area contributed by atoms with Crippen LogP contribution < -0.4 is 0 Å². The minimum absolute atomic E-state index is 0. The van der Waals surface area contributed by atoms with Crippen LogP contribution in [0.15, 0.2) is 140 Å². The molecule has 7 aromatic rings. The molecule has 0 aliphatic carbocycles. The van der Waals surface area contributed by atoms with Crippen LogP contribution in [0.25, 0.3) is 43.8 Å². The fourth-order valence-corrected chi connectivity index (χ4v) is 6.12. The van der Waals surface area contributed by atoms with E-state index >= 15 is 0 Å². The second-order valence-corrected chi connectivity index (χ2v) is 15.3. The van der Waals surface area contributed by atoms with Crippen LogP contribution in [-0.2, 0) is 34.2 Å². The number of fused-ring (bicyclic) bond motifs is 2. The molecular weight excluding hydrogens is 708 g/mol. The third-order valence-electron chi connectivity index (χ3n) is 9.07. The van der Waals surface area contributed by atoms with Crippen molar-refractivity contribution in [3.63, 3.8) is 0 Å². The molecule has 0 bridgehead atoms. The standard InChI is InChI=1S/C22H25.C20H21.C6H5.CH3.Si.Zr/c1-15(2)18-13-17-7-6-8-20(21(17)14-18)16-9-11-19(12-10-16)22(3,4)5;1-14-12-16-6-5-7-18(19(16)13-14)15-8-10-17(11-9-15)20(2,3)4;1-2-4-6-5-3-1;;;/h6-15H,1-5H3;5-13H,1-4H3;1-5H;1H3;;/q4*-1;;. The van der Waals surface area contributed by atoms with E-state index in [0.29, 0.717) is 5.92 Å². The first kappa shape index (κ1) is 41.8. The third-order valence-corrected chi connectivity index (χ3v) is 9.07. The SMILES string of the molecule is CC(C)c1cc2c(-c3ccc(C(C)(C)C)cc3)cccc2[cH-]1.Cc1cc2c(-c3ccc(C(C)(C)C)cc3)cccc2[cH-]1.[CH3-].[Si]=[Zr].[c-]1ccccc1. The minimum Gasteiger partial charge on any atom is -0.184 e. The van der Waals surface area contributed by atoms with Gasteiger partial charge in [0.2, 0.25) is 0 Å². The van der Waals surface area contributed by atoms with Gasteiger partial charge in [-0.05, 0) is 39.0 Å². The Labute approximate surface area is 326 Å². The summed E-state index contributed by atoms with van der Waals surface area (Å²) in [6.07, 6.45) is 0. The van der Waals surface area contributed by atoms with Gasteiger partial charge in [0, 0.05) is 0 Å². The third kappa shape index (κ3) is 11.2. The molecule has 2 heteroatoms. The van der Waals surface area contributed by atoms with E-state index in [0.717, 1.165) is 0 Å². The predicted molar refractivity (Wildman–Crippen MR) is 224 cm³/mol. The van der Waals surface area contributed by atoms with Crippen molar-refractivity contribution in [2.75, 3.05) is 0 Å². The van der Waals surface area contributed by atoms with Gasteiger partial charge in [-0.15, -0.1) is 69.1 Å². The first-order valence-electron chi connectivity index (χ1n) is 17.5. The number of rotatable bonds is 3. The van der Waals surface area contributed by atoms with E-state index in [1.54, 1.807) is 0 Å². The molecule has 0 atom stereocenters. The molecule has 2 radical (unpaired) electrons. The van der Waals surface area contributed by atoms with Crippen LogP contribution >= 0.6 is 0 Å². The van der Waals surface area contributed by atoms with Crippen LogP contribution in [0.1, 0.15) is 83.6 Å². The molecule has 0 fully saturated rings. The molecule has 0 nitrogen and oxygen atoms in total. The van der Waals surface area contributed by atoms with Crippen LogP contribution in [0.2, 0.25) is 0 Å².